The van der Waals surface area contributed by atoms with E-state index in [0.717, 1.165) is 16.7 Å². The van der Waals surface area contributed by atoms with E-state index < -0.39 is 0 Å². The lowest BCUT2D eigenvalue weighted by Gasteiger charge is -2.24. The van der Waals surface area contributed by atoms with Crippen LogP contribution in [0.15, 0.2) is 48.5 Å². The van der Waals surface area contributed by atoms with Crippen LogP contribution in [0, 0.1) is 12.7 Å². The average Bonchev–Trinajstić information content (AvgIpc) is 3.00. The number of fused-ring (bicyclic) bond motifs is 1. The number of aromatic hydroxyl groups is 1. The SMILES string of the molecule is Cc1c(C(=O)Nc2ccc(F)cc2)sc2c1[C@@H](c1ccc(O)cc1)CC(=O)N2. The fourth-order valence-electron chi connectivity index (χ4n) is 3.43. The van der Waals surface area contributed by atoms with Gasteiger partial charge in [0.15, 0.2) is 0 Å². The highest BCUT2D eigenvalue weighted by Crippen LogP contribution is 2.45. The third-order valence-corrected chi connectivity index (χ3v) is 6.01. The Bertz CT molecular complexity index is 1060. The molecule has 0 fully saturated rings. The molecule has 0 bridgehead atoms. The Labute approximate surface area is 164 Å². The van der Waals surface area contributed by atoms with Gasteiger partial charge in [-0.3, -0.25) is 9.59 Å². The fraction of sp³-hybridized carbons (Fsp3) is 0.143. The molecule has 0 radical (unpaired) electrons. The number of carbonyl (C=O) groups excluding carboxylic acids is 2. The predicted octanol–water partition coefficient (Wildman–Crippen LogP) is 4.63. The normalized spacial score (nSPS) is 15.6. The number of rotatable bonds is 3. The molecule has 0 spiro atoms. The molecule has 142 valence electrons. The summed E-state index contributed by atoms with van der Waals surface area (Å²) in [5, 5.41) is 15.8. The first-order valence-corrected chi connectivity index (χ1v) is 9.53. The van der Waals surface area contributed by atoms with Crippen molar-refractivity contribution in [3.8, 4) is 5.75 Å². The topological polar surface area (TPSA) is 78.4 Å². The summed E-state index contributed by atoms with van der Waals surface area (Å²) in [4.78, 5) is 25.5. The number of anilines is 2. The molecule has 2 heterocycles. The number of phenols is 1. The van der Waals surface area contributed by atoms with E-state index >= 15 is 0 Å². The molecule has 1 aliphatic heterocycles. The first kappa shape index (κ1) is 18.2. The maximum absolute atomic E-state index is 13.1. The van der Waals surface area contributed by atoms with Crippen molar-refractivity contribution in [1.29, 1.82) is 0 Å². The largest absolute Gasteiger partial charge is 0.508 e. The van der Waals surface area contributed by atoms with Crippen LogP contribution in [0.4, 0.5) is 15.1 Å². The van der Waals surface area contributed by atoms with Gasteiger partial charge in [-0.15, -0.1) is 11.3 Å². The van der Waals surface area contributed by atoms with Gasteiger partial charge in [0.1, 0.15) is 11.6 Å². The van der Waals surface area contributed by atoms with Crippen molar-refractivity contribution in [3.63, 3.8) is 0 Å². The summed E-state index contributed by atoms with van der Waals surface area (Å²) in [6, 6.07) is 12.3. The summed E-state index contributed by atoms with van der Waals surface area (Å²) in [5.41, 5.74) is 3.12. The van der Waals surface area contributed by atoms with Crippen molar-refractivity contribution in [1.82, 2.24) is 0 Å². The van der Waals surface area contributed by atoms with Crippen LogP contribution >= 0.6 is 11.3 Å². The second-order valence-electron chi connectivity index (χ2n) is 6.66. The molecule has 28 heavy (non-hydrogen) atoms. The van der Waals surface area contributed by atoms with Gasteiger partial charge in [0.25, 0.3) is 5.91 Å². The van der Waals surface area contributed by atoms with Gasteiger partial charge in [-0.1, -0.05) is 12.1 Å². The van der Waals surface area contributed by atoms with Gasteiger partial charge in [0.05, 0.1) is 9.88 Å². The van der Waals surface area contributed by atoms with Crippen molar-refractivity contribution in [3.05, 3.63) is 75.9 Å². The van der Waals surface area contributed by atoms with E-state index in [1.807, 2.05) is 6.92 Å². The van der Waals surface area contributed by atoms with Gasteiger partial charge in [0, 0.05) is 18.0 Å². The minimum atomic E-state index is -0.375. The van der Waals surface area contributed by atoms with Gasteiger partial charge in [-0.25, -0.2) is 4.39 Å². The molecule has 1 aliphatic rings. The second kappa shape index (κ2) is 7.09. The molecule has 0 saturated carbocycles. The first-order chi connectivity index (χ1) is 13.4. The van der Waals surface area contributed by atoms with Crippen LogP contribution in [0.5, 0.6) is 5.75 Å². The molecule has 1 aromatic heterocycles. The molecular weight excluding hydrogens is 379 g/mol. The minimum absolute atomic E-state index is 0.114. The summed E-state index contributed by atoms with van der Waals surface area (Å²) in [6.07, 6.45) is 0.272. The van der Waals surface area contributed by atoms with E-state index in [1.165, 1.54) is 35.6 Å². The van der Waals surface area contributed by atoms with E-state index in [4.69, 9.17) is 0 Å². The van der Waals surface area contributed by atoms with Gasteiger partial charge < -0.3 is 15.7 Å². The van der Waals surface area contributed by atoms with Crippen LogP contribution in [0.1, 0.15) is 38.7 Å². The zero-order chi connectivity index (χ0) is 19.8. The number of benzene rings is 2. The van der Waals surface area contributed by atoms with Crippen molar-refractivity contribution >= 4 is 33.8 Å². The Kier molecular flexibility index (Phi) is 4.60. The summed E-state index contributed by atoms with van der Waals surface area (Å²) >= 11 is 1.23. The van der Waals surface area contributed by atoms with Crippen LogP contribution in [-0.2, 0) is 4.79 Å². The zero-order valence-electron chi connectivity index (χ0n) is 15.0. The Balaban J connectivity index is 1.69. The lowest BCUT2D eigenvalue weighted by atomic mass is 9.85. The third-order valence-electron chi connectivity index (χ3n) is 4.79. The fourth-order valence-corrected chi connectivity index (χ4v) is 4.61. The number of thiophene rings is 1. The third kappa shape index (κ3) is 3.36. The van der Waals surface area contributed by atoms with E-state index in [1.54, 1.807) is 24.3 Å². The summed E-state index contributed by atoms with van der Waals surface area (Å²) in [6.45, 7) is 1.86. The Morgan fingerprint density at radius 2 is 1.86 bits per heavy atom. The molecule has 2 aromatic carbocycles. The van der Waals surface area contributed by atoms with Crippen molar-refractivity contribution in [2.24, 2.45) is 0 Å². The maximum atomic E-state index is 13.1. The standard InChI is InChI=1S/C21H17FN2O3S/c1-11-18-16(12-2-8-15(25)9-3-12)10-17(26)24-21(18)28-19(11)20(27)23-14-6-4-13(22)5-7-14/h2-9,16,25H,10H2,1H3,(H,23,27)(H,24,26)/t16-/m1/s1. The van der Waals surface area contributed by atoms with Crippen LogP contribution in [0.25, 0.3) is 0 Å². The quantitative estimate of drug-likeness (QED) is 0.604. The monoisotopic (exact) mass is 396 g/mol. The van der Waals surface area contributed by atoms with Crippen molar-refractivity contribution < 1.29 is 19.1 Å². The molecule has 7 heteroatoms. The van der Waals surface area contributed by atoms with E-state index in [9.17, 15) is 19.1 Å². The Hall–Kier alpha value is -3.19. The van der Waals surface area contributed by atoms with Crippen LogP contribution in [0.2, 0.25) is 0 Å². The number of nitrogens with one attached hydrogen (secondary N) is 2. The number of hydrogen-bond acceptors (Lipinski definition) is 4. The molecule has 3 N–H and O–H groups in total. The summed E-state index contributed by atoms with van der Waals surface area (Å²) < 4.78 is 13.1. The molecule has 2 amide bonds. The second-order valence-corrected chi connectivity index (χ2v) is 7.68. The van der Waals surface area contributed by atoms with E-state index in [0.29, 0.717) is 15.6 Å². The lowest BCUT2D eigenvalue weighted by molar-refractivity contribution is -0.116. The number of amides is 2. The van der Waals surface area contributed by atoms with Gasteiger partial charge >= 0.3 is 0 Å². The molecule has 0 saturated heterocycles. The predicted molar refractivity (Wildman–Crippen MR) is 107 cm³/mol. The highest BCUT2D eigenvalue weighted by atomic mass is 32.1. The first-order valence-electron chi connectivity index (χ1n) is 8.71. The average molecular weight is 396 g/mol. The van der Waals surface area contributed by atoms with Crippen LogP contribution in [0.3, 0.4) is 0 Å². The highest BCUT2D eigenvalue weighted by Gasteiger charge is 2.32. The molecule has 5 nitrogen and oxygen atoms in total. The number of carbonyl (C=O) groups is 2. The van der Waals surface area contributed by atoms with Gasteiger partial charge in [-0.2, -0.15) is 0 Å². The highest BCUT2D eigenvalue weighted by molar-refractivity contribution is 7.18. The zero-order valence-corrected chi connectivity index (χ0v) is 15.8. The smallest absolute Gasteiger partial charge is 0.266 e. The lowest BCUT2D eigenvalue weighted by Crippen LogP contribution is -2.22. The van der Waals surface area contributed by atoms with Crippen LogP contribution in [-0.4, -0.2) is 16.9 Å². The van der Waals surface area contributed by atoms with Crippen LogP contribution < -0.4 is 10.6 Å². The summed E-state index contributed by atoms with van der Waals surface area (Å²) in [7, 11) is 0. The summed E-state index contributed by atoms with van der Waals surface area (Å²) in [5.74, 6) is -0.821. The molecule has 0 aliphatic carbocycles. The Morgan fingerprint density at radius 1 is 1.18 bits per heavy atom. The van der Waals surface area contributed by atoms with Gasteiger partial charge in [-0.05, 0) is 60.0 Å². The number of phenolic OH excluding ortho intramolecular Hbond substituents is 1. The van der Waals surface area contributed by atoms with Crippen molar-refractivity contribution in [2.45, 2.75) is 19.3 Å². The number of hydrogen-bond donors (Lipinski definition) is 3. The van der Waals surface area contributed by atoms with E-state index in [-0.39, 0.29) is 35.7 Å². The number of halogens is 1. The molecule has 0 unspecified atom stereocenters. The minimum Gasteiger partial charge on any atom is -0.508 e. The maximum Gasteiger partial charge on any atom is 0.266 e. The van der Waals surface area contributed by atoms with Crippen molar-refractivity contribution in [2.75, 3.05) is 10.6 Å². The molecule has 1 atom stereocenters. The van der Waals surface area contributed by atoms with Gasteiger partial charge in [0.2, 0.25) is 5.91 Å². The van der Waals surface area contributed by atoms with E-state index in [2.05, 4.69) is 10.6 Å². The molecule has 4 rings (SSSR count). The molecule has 3 aromatic rings. The molecular formula is C21H17FN2O3S. The Morgan fingerprint density at radius 3 is 2.54 bits per heavy atom.